The number of Topliss-reactive ketones (excluding diaryl/α,β-unsaturated/α-hetero) is 1. The van der Waals surface area contributed by atoms with Crippen LogP contribution in [0, 0.1) is 33.5 Å². The summed E-state index contributed by atoms with van der Waals surface area (Å²) in [5, 5.41) is 7.31. The lowest BCUT2D eigenvalue weighted by Crippen LogP contribution is -2.25. The van der Waals surface area contributed by atoms with E-state index in [4.69, 9.17) is 0 Å². The smallest absolute Gasteiger partial charge is 0.300 e. The second-order valence-corrected chi connectivity index (χ2v) is 7.85. The molecule has 1 aromatic carbocycles. The molecule has 3 rings (SSSR count). The summed E-state index contributed by atoms with van der Waals surface area (Å²) < 4.78 is 15.0. The molecule has 0 saturated carbocycles. The first kappa shape index (κ1) is 21.4. The molecule has 7 nitrogen and oxygen atoms in total. The molecular formula is C21H21FN4O3S. The number of rotatable bonds is 5. The summed E-state index contributed by atoms with van der Waals surface area (Å²) in [6, 6.07) is 4.26. The topological polar surface area (TPSA) is 93.1 Å². The summed E-state index contributed by atoms with van der Waals surface area (Å²) >= 11 is 1.22. The standard InChI is InChI=1S/C21H21FN4O3S/c1-10-8-14(6-7-15(10)22)24-19(28)16-12(3)17(26(5)13(16)4)18(27)20(29)25-21-23-11(2)9-30-21/h6-9H,1-5H3,(H,24,28)(H,23,25,29). The number of carbonyl (C=O) groups is 3. The largest absolute Gasteiger partial charge is 0.344 e. The molecule has 156 valence electrons. The molecule has 3 aromatic rings. The lowest BCUT2D eigenvalue weighted by molar-refractivity contribution is -0.112. The Morgan fingerprint density at radius 3 is 2.40 bits per heavy atom. The number of hydrogen-bond acceptors (Lipinski definition) is 5. The summed E-state index contributed by atoms with van der Waals surface area (Å²) in [7, 11) is 1.62. The van der Waals surface area contributed by atoms with Gasteiger partial charge >= 0.3 is 0 Å². The summed E-state index contributed by atoms with van der Waals surface area (Å²) in [4.78, 5) is 42.2. The summed E-state index contributed by atoms with van der Waals surface area (Å²) in [5.41, 5.74) is 2.92. The predicted molar refractivity (Wildman–Crippen MR) is 114 cm³/mol. The van der Waals surface area contributed by atoms with Crippen molar-refractivity contribution in [2.45, 2.75) is 27.7 Å². The van der Waals surface area contributed by atoms with Crippen LogP contribution in [0.4, 0.5) is 15.2 Å². The van der Waals surface area contributed by atoms with Crippen molar-refractivity contribution in [2.75, 3.05) is 10.6 Å². The zero-order valence-corrected chi connectivity index (χ0v) is 18.0. The molecule has 0 unspecified atom stereocenters. The molecule has 0 radical (unpaired) electrons. The molecule has 0 spiro atoms. The SMILES string of the molecule is Cc1csc(NC(=O)C(=O)c2c(C)c(C(=O)Nc3ccc(F)c(C)c3)c(C)n2C)n1. The summed E-state index contributed by atoms with van der Waals surface area (Å²) in [5.74, 6) is -2.40. The third-order valence-corrected chi connectivity index (χ3v) is 5.71. The molecule has 2 heterocycles. The Kier molecular flexibility index (Phi) is 5.84. The van der Waals surface area contributed by atoms with Crippen molar-refractivity contribution in [2.24, 2.45) is 7.05 Å². The minimum atomic E-state index is -0.825. The molecular weight excluding hydrogens is 407 g/mol. The van der Waals surface area contributed by atoms with Crippen LogP contribution in [-0.4, -0.2) is 27.1 Å². The van der Waals surface area contributed by atoms with Gasteiger partial charge in [-0.05, 0) is 57.0 Å². The third kappa shape index (κ3) is 4.02. The first-order chi connectivity index (χ1) is 14.1. The minimum absolute atomic E-state index is 0.124. The number of aryl methyl sites for hydroxylation is 2. The average Bonchev–Trinajstić information content (AvgIpc) is 3.18. The quantitative estimate of drug-likeness (QED) is 0.476. The number of nitrogens with one attached hydrogen (secondary N) is 2. The number of ketones is 1. The van der Waals surface area contributed by atoms with Crippen molar-refractivity contribution in [1.29, 1.82) is 0 Å². The first-order valence-electron chi connectivity index (χ1n) is 9.11. The highest BCUT2D eigenvalue weighted by atomic mass is 32.1. The Morgan fingerprint density at radius 1 is 1.10 bits per heavy atom. The Hall–Kier alpha value is -3.33. The van der Waals surface area contributed by atoms with Gasteiger partial charge in [-0.1, -0.05) is 0 Å². The van der Waals surface area contributed by atoms with Crippen LogP contribution in [0.5, 0.6) is 0 Å². The molecule has 0 atom stereocenters. The number of halogens is 1. The number of thiazole rings is 1. The second-order valence-electron chi connectivity index (χ2n) is 6.99. The number of carbonyl (C=O) groups excluding carboxylic acids is 3. The van der Waals surface area contributed by atoms with E-state index in [1.807, 2.05) is 0 Å². The number of benzene rings is 1. The Morgan fingerprint density at radius 2 is 1.80 bits per heavy atom. The lowest BCUT2D eigenvalue weighted by Gasteiger charge is -2.07. The van der Waals surface area contributed by atoms with Gasteiger partial charge in [0, 0.05) is 23.8 Å². The van der Waals surface area contributed by atoms with Gasteiger partial charge in [0.2, 0.25) is 0 Å². The van der Waals surface area contributed by atoms with Crippen molar-refractivity contribution >= 4 is 39.8 Å². The van der Waals surface area contributed by atoms with Crippen molar-refractivity contribution in [3.8, 4) is 0 Å². The number of anilines is 2. The first-order valence-corrected chi connectivity index (χ1v) is 9.99. The molecule has 0 saturated heterocycles. The highest BCUT2D eigenvalue weighted by Gasteiger charge is 2.29. The minimum Gasteiger partial charge on any atom is -0.344 e. The second kappa shape index (κ2) is 8.19. The fourth-order valence-electron chi connectivity index (χ4n) is 3.22. The van der Waals surface area contributed by atoms with E-state index < -0.39 is 17.6 Å². The molecule has 2 N–H and O–H groups in total. The van der Waals surface area contributed by atoms with E-state index in [2.05, 4.69) is 15.6 Å². The third-order valence-electron chi connectivity index (χ3n) is 4.83. The summed E-state index contributed by atoms with van der Waals surface area (Å²) in [6.45, 7) is 6.69. The van der Waals surface area contributed by atoms with Crippen molar-refractivity contribution in [1.82, 2.24) is 9.55 Å². The number of hydrogen-bond donors (Lipinski definition) is 2. The van der Waals surface area contributed by atoms with Gasteiger partial charge in [-0.15, -0.1) is 11.3 Å². The fourth-order valence-corrected chi connectivity index (χ4v) is 3.91. The lowest BCUT2D eigenvalue weighted by atomic mass is 10.1. The maximum Gasteiger partial charge on any atom is 0.300 e. The summed E-state index contributed by atoms with van der Waals surface area (Å²) in [6.07, 6.45) is 0. The molecule has 2 aromatic heterocycles. The van der Waals surface area contributed by atoms with E-state index in [-0.39, 0.29) is 11.5 Å². The van der Waals surface area contributed by atoms with Crippen LogP contribution in [0.2, 0.25) is 0 Å². The van der Waals surface area contributed by atoms with E-state index >= 15 is 0 Å². The average molecular weight is 428 g/mol. The highest BCUT2D eigenvalue weighted by Crippen LogP contribution is 2.24. The van der Waals surface area contributed by atoms with Crippen LogP contribution >= 0.6 is 11.3 Å². The zero-order chi connectivity index (χ0) is 22.2. The van der Waals surface area contributed by atoms with Crippen LogP contribution in [0.1, 0.15) is 43.4 Å². The van der Waals surface area contributed by atoms with Crippen LogP contribution in [0.15, 0.2) is 23.6 Å². The maximum atomic E-state index is 13.5. The highest BCUT2D eigenvalue weighted by molar-refractivity contribution is 7.14. The van der Waals surface area contributed by atoms with Gasteiger partial charge in [0.1, 0.15) is 5.82 Å². The molecule has 0 aliphatic heterocycles. The van der Waals surface area contributed by atoms with E-state index in [1.165, 1.54) is 34.1 Å². The molecule has 2 amide bonds. The van der Waals surface area contributed by atoms with Gasteiger partial charge in [0.15, 0.2) is 5.13 Å². The normalized spacial score (nSPS) is 10.7. The van der Waals surface area contributed by atoms with Gasteiger partial charge in [-0.2, -0.15) is 0 Å². The zero-order valence-electron chi connectivity index (χ0n) is 17.2. The van der Waals surface area contributed by atoms with Crippen LogP contribution in [-0.2, 0) is 11.8 Å². The number of amides is 2. The van der Waals surface area contributed by atoms with E-state index in [0.717, 1.165) is 5.69 Å². The van der Waals surface area contributed by atoms with E-state index in [9.17, 15) is 18.8 Å². The van der Waals surface area contributed by atoms with Crippen LogP contribution in [0.25, 0.3) is 0 Å². The van der Waals surface area contributed by atoms with Crippen molar-refractivity contribution < 1.29 is 18.8 Å². The van der Waals surface area contributed by atoms with Crippen molar-refractivity contribution in [3.63, 3.8) is 0 Å². The van der Waals surface area contributed by atoms with Gasteiger partial charge in [-0.3, -0.25) is 19.7 Å². The van der Waals surface area contributed by atoms with E-state index in [1.54, 1.807) is 40.1 Å². The number of nitrogens with zero attached hydrogens (tertiary/aromatic N) is 2. The van der Waals surface area contributed by atoms with Crippen molar-refractivity contribution in [3.05, 3.63) is 63.2 Å². The van der Waals surface area contributed by atoms with Crippen LogP contribution < -0.4 is 10.6 Å². The molecule has 0 aliphatic carbocycles. The molecule has 0 bridgehead atoms. The Labute approximate surface area is 176 Å². The molecule has 0 aliphatic rings. The predicted octanol–water partition coefficient (Wildman–Crippen LogP) is 3.93. The van der Waals surface area contributed by atoms with Crippen LogP contribution in [0.3, 0.4) is 0 Å². The Balaban J connectivity index is 1.88. The molecule has 9 heteroatoms. The van der Waals surface area contributed by atoms with Gasteiger partial charge < -0.3 is 9.88 Å². The Bertz CT molecular complexity index is 1180. The molecule has 0 fully saturated rings. The van der Waals surface area contributed by atoms with E-state index in [0.29, 0.717) is 33.2 Å². The van der Waals surface area contributed by atoms with Gasteiger partial charge in [0.05, 0.1) is 17.0 Å². The van der Waals surface area contributed by atoms with Gasteiger partial charge in [0.25, 0.3) is 17.6 Å². The molecule has 30 heavy (non-hydrogen) atoms. The monoisotopic (exact) mass is 428 g/mol. The fraction of sp³-hybridized carbons (Fsp3) is 0.238. The van der Waals surface area contributed by atoms with Gasteiger partial charge in [-0.25, -0.2) is 9.37 Å². The number of aromatic nitrogens is 2. The maximum absolute atomic E-state index is 13.5.